The van der Waals surface area contributed by atoms with Gasteiger partial charge in [0.05, 0.1) is 6.42 Å². The molecule has 0 spiro atoms. The van der Waals surface area contributed by atoms with Crippen LogP contribution in [-0.4, -0.2) is 79.1 Å². The largest absolute Gasteiger partial charge is 0.481 e. The molecular formula is C10H19N3O9S. The number of carbonyl (C=O) groups is 4. The summed E-state index contributed by atoms with van der Waals surface area (Å²) in [6.45, 7) is 0. The molecule has 0 fully saturated rings. The lowest BCUT2D eigenvalue weighted by Gasteiger charge is -2.07. The van der Waals surface area contributed by atoms with Gasteiger partial charge in [0.2, 0.25) is 0 Å². The molecule has 0 aliphatic heterocycles. The highest BCUT2D eigenvalue weighted by Gasteiger charge is 2.19. The first-order chi connectivity index (χ1) is 10.5. The molecule has 0 heterocycles. The summed E-state index contributed by atoms with van der Waals surface area (Å²) < 4.78 is 0. The molecular weight excluding hydrogens is 338 g/mol. The van der Waals surface area contributed by atoms with Crippen LogP contribution in [0.15, 0.2) is 0 Å². The van der Waals surface area contributed by atoms with Crippen LogP contribution in [0.25, 0.3) is 0 Å². The average molecular weight is 357 g/mol. The number of nitrogens with two attached hydrogens (primary N) is 2. The fourth-order valence-corrected chi connectivity index (χ4v) is 1.76. The van der Waals surface area contributed by atoms with Crippen LogP contribution in [0.1, 0.15) is 6.42 Å². The van der Waals surface area contributed by atoms with Crippen molar-refractivity contribution in [3.63, 3.8) is 0 Å². The Hall–Kier alpha value is -1.93. The molecule has 0 aliphatic rings. The van der Waals surface area contributed by atoms with Crippen LogP contribution in [0.5, 0.6) is 0 Å². The third kappa shape index (κ3) is 13.5. The maximum absolute atomic E-state index is 10.2. The van der Waals surface area contributed by atoms with Gasteiger partial charge in [-0.1, -0.05) is 0 Å². The van der Waals surface area contributed by atoms with Crippen molar-refractivity contribution in [2.45, 2.75) is 24.5 Å². The summed E-state index contributed by atoms with van der Waals surface area (Å²) in [5, 5.41) is 41.0. The molecule has 0 rings (SSSR count). The van der Waals surface area contributed by atoms with Crippen molar-refractivity contribution >= 4 is 35.6 Å². The standard InChI is InChI=1S/C6H12N2O4S.C4H7NO5/c7-3(5(9)10)1-13-2-4(8)6(11)12;6-3(7)1-2(5-10)4(8)9/h3-4H,1-2,7-8H2,(H,9,10)(H,11,12);2,5,10H,1H2,(H,6,7)(H,8,9)/t3-,4?;2-/m00/s1. The normalized spacial score (nSPS) is 13.9. The van der Waals surface area contributed by atoms with E-state index in [2.05, 4.69) is 0 Å². The lowest BCUT2D eigenvalue weighted by molar-refractivity contribution is -0.148. The Morgan fingerprint density at radius 1 is 0.870 bits per heavy atom. The SMILES string of the molecule is NC(CSC[C@H](N)C(=O)O)C(=O)O.O=C(O)C[C@H](NO)C(=O)O. The Morgan fingerprint density at radius 3 is 1.43 bits per heavy atom. The van der Waals surface area contributed by atoms with Crippen LogP contribution in [0.4, 0.5) is 0 Å². The smallest absolute Gasteiger partial charge is 0.323 e. The van der Waals surface area contributed by atoms with Gasteiger partial charge in [-0.15, -0.1) is 0 Å². The molecule has 0 aromatic heterocycles. The third-order valence-corrected chi connectivity index (χ3v) is 3.25. The zero-order valence-electron chi connectivity index (χ0n) is 11.8. The van der Waals surface area contributed by atoms with Gasteiger partial charge in [-0.05, 0) is 0 Å². The highest BCUT2D eigenvalue weighted by molar-refractivity contribution is 7.99. The second kappa shape index (κ2) is 12.6. The molecule has 0 aliphatic carbocycles. The number of nitrogens with one attached hydrogen (secondary N) is 1. The first-order valence-corrected chi connectivity index (χ1v) is 7.07. The highest BCUT2D eigenvalue weighted by atomic mass is 32.2. The van der Waals surface area contributed by atoms with Crippen molar-refractivity contribution in [1.82, 2.24) is 5.48 Å². The van der Waals surface area contributed by atoms with Gasteiger partial charge in [0, 0.05) is 11.5 Å². The molecule has 1 unspecified atom stereocenters. The van der Waals surface area contributed by atoms with Gasteiger partial charge in [-0.25, -0.2) is 0 Å². The van der Waals surface area contributed by atoms with Crippen molar-refractivity contribution in [2.75, 3.05) is 11.5 Å². The summed E-state index contributed by atoms with van der Waals surface area (Å²) in [4.78, 5) is 40.3. The van der Waals surface area contributed by atoms with E-state index in [0.717, 1.165) is 11.8 Å². The molecule has 0 aromatic carbocycles. The van der Waals surface area contributed by atoms with Crippen molar-refractivity contribution in [1.29, 1.82) is 0 Å². The minimum Gasteiger partial charge on any atom is -0.481 e. The fourth-order valence-electron chi connectivity index (χ4n) is 0.827. The molecule has 0 radical (unpaired) electrons. The number of hydroxylamine groups is 1. The van der Waals surface area contributed by atoms with E-state index < -0.39 is 48.4 Å². The van der Waals surface area contributed by atoms with Crippen molar-refractivity contribution in [3.8, 4) is 0 Å². The second-order valence-electron chi connectivity index (χ2n) is 4.04. The number of aliphatic carboxylic acids is 4. The number of hydrogen-bond donors (Lipinski definition) is 8. The minimum atomic E-state index is -1.43. The first kappa shape index (κ1) is 23.3. The maximum atomic E-state index is 10.2. The second-order valence-corrected chi connectivity index (χ2v) is 5.12. The number of thioether (sulfide) groups is 1. The molecule has 0 saturated heterocycles. The topological polar surface area (TPSA) is 233 Å². The summed E-state index contributed by atoms with van der Waals surface area (Å²) in [5.74, 6) is -4.56. The number of hydrogen-bond acceptors (Lipinski definition) is 9. The predicted octanol–water partition coefficient (Wildman–Crippen LogP) is -2.56. The fraction of sp³-hybridized carbons (Fsp3) is 0.600. The number of carboxylic acids is 4. The van der Waals surface area contributed by atoms with E-state index in [-0.39, 0.29) is 11.5 Å². The predicted molar refractivity (Wildman–Crippen MR) is 77.1 cm³/mol. The molecule has 0 amide bonds. The van der Waals surface area contributed by atoms with Crippen LogP contribution in [0.3, 0.4) is 0 Å². The molecule has 23 heavy (non-hydrogen) atoms. The lowest BCUT2D eigenvalue weighted by Crippen LogP contribution is -2.36. The van der Waals surface area contributed by atoms with Gasteiger partial charge in [0.25, 0.3) is 0 Å². The van der Waals surface area contributed by atoms with Crippen LogP contribution >= 0.6 is 11.8 Å². The van der Waals surface area contributed by atoms with Gasteiger partial charge >= 0.3 is 23.9 Å². The quantitative estimate of drug-likeness (QED) is 0.188. The summed E-state index contributed by atoms with van der Waals surface area (Å²) in [6, 6.07) is -3.37. The molecule has 12 nitrogen and oxygen atoms in total. The van der Waals surface area contributed by atoms with E-state index in [9.17, 15) is 19.2 Å². The van der Waals surface area contributed by atoms with Crippen molar-refractivity contribution < 1.29 is 44.8 Å². The minimum absolute atomic E-state index is 0.163. The monoisotopic (exact) mass is 357 g/mol. The molecule has 134 valence electrons. The van der Waals surface area contributed by atoms with Crippen LogP contribution in [0, 0.1) is 0 Å². The first-order valence-electron chi connectivity index (χ1n) is 5.91. The summed E-state index contributed by atoms with van der Waals surface area (Å²) in [5.41, 5.74) is 11.7. The van der Waals surface area contributed by atoms with Crippen LogP contribution < -0.4 is 16.9 Å². The lowest BCUT2D eigenvalue weighted by atomic mass is 10.2. The van der Waals surface area contributed by atoms with E-state index in [0.29, 0.717) is 0 Å². The molecule has 0 bridgehead atoms. The third-order valence-electron chi connectivity index (χ3n) is 2.06. The molecule has 3 atom stereocenters. The van der Waals surface area contributed by atoms with Gasteiger partial charge in [-0.2, -0.15) is 17.2 Å². The molecule has 0 saturated carbocycles. The summed E-state index contributed by atoms with van der Waals surface area (Å²) in [6.07, 6.45) is -0.647. The molecule has 13 heteroatoms. The maximum Gasteiger partial charge on any atom is 0.323 e. The van der Waals surface area contributed by atoms with Crippen LogP contribution in [-0.2, 0) is 19.2 Å². The Bertz CT molecular complexity index is 400. The van der Waals surface area contributed by atoms with Gasteiger partial charge in [0.15, 0.2) is 0 Å². The van der Waals surface area contributed by atoms with Crippen molar-refractivity contribution in [3.05, 3.63) is 0 Å². The van der Waals surface area contributed by atoms with E-state index in [4.69, 9.17) is 37.1 Å². The summed E-state index contributed by atoms with van der Waals surface area (Å²) >= 11 is 1.11. The number of carboxylic acid groups (broad SMARTS) is 4. The van der Waals surface area contributed by atoms with E-state index >= 15 is 0 Å². The van der Waals surface area contributed by atoms with E-state index in [1.807, 2.05) is 0 Å². The van der Waals surface area contributed by atoms with E-state index in [1.54, 1.807) is 0 Å². The van der Waals surface area contributed by atoms with Crippen LogP contribution in [0.2, 0.25) is 0 Å². The zero-order valence-corrected chi connectivity index (χ0v) is 12.6. The van der Waals surface area contributed by atoms with Gasteiger partial charge in [0.1, 0.15) is 18.1 Å². The Labute approximate surface area is 134 Å². The number of rotatable bonds is 10. The Balaban J connectivity index is 0. The van der Waals surface area contributed by atoms with Gasteiger partial charge in [-0.3, -0.25) is 19.2 Å². The highest BCUT2D eigenvalue weighted by Crippen LogP contribution is 2.03. The molecule has 0 aromatic rings. The zero-order chi connectivity index (χ0) is 18.6. The van der Waals surface area contributed by atoms with Crippen molar-refractivity contribution in [2.24, 2.45) is 11.5 Å². The molecule has 10 N–H and O–H groups in total. The summed E-state index contributed by atoms with van der Waals surface area (Å²) in [7, 11) is 0. The Morgan fingerprint density at radius 2 is 1.26 bits per heavy atom. The average Bonchev–Trinajstić information content (AvgIpc) is 2.44. The van der Waals surface area contributed by atoms with Gasteiger partial charge < -0.3 is 37.1 Å². The Kier molecular flexibility index (Phi) is 12.8. The van der Waals surface area contributed by atoms with E-state index in [1.165, 1.54) is 5.48 Å².